The van der Waals surface area contributed by atoms with Crippen LogP contribution in [-0.4, -0.2) is 30.4 Å². The van der Waals surface area contributed by atoms with Gasteiger partial charge in [-0.2, -0.15) is 0 Å². The summed E-state index contributed by atoms with van der Waals surface area (Å²) in [5.41, 5.74) is 1.04. The Balaban J connectivity index is 1.92. The van der Waals surface area contributed by atoms with E-state index in [0.717, 1.165) is 5.56 Å². The maximum atomic E-state index is 11.6. The van der Waals surface area contributed by atoms with Crippen LogP contribution in [0.5, 0.6) is 5.88 Å². The lowest BCUT2D eigenvalue weighted by Gasteiger charge is -2.09. The fourth-order valence-electron chi connectivity index (χ4n) is 1.32. The van der Waals surface area contributed by atoms with Crippen LogP contribution < -0.4 is 4.74 Å². The van der Waals surface area contributed by atoms with Crippen LogP contribution in [0.4, 0.5) is 0 Å². The Bertz CT molecular complexity index is 497. The van der Waals surface area contributed by atoms with Crippen molar-refractivity contribution in [3.8, 4) is 5.88 Å². The molecule has 0 spiro atoms. The number of aliphatic imine (C=N–C) groups is 1. The normalized spacial score (nSPS) is 13.5. The Morgan fingerprint density at radius 3 is 3.17 bits per heavy atom. The van der Waals surface area contributed by atoms with Crippen molar-refractivity contribution in [3.63, 3.8) is 0 Å². The Labute approximate surface area is 104 Å². The van der Waals surface area contributed by atoms with Crippen LogP contribution in [0.15, 0.2) is 35.8 Å². The van der Waals surface area contributed by atoms with Crippen molar-refractivity contribution in [3.05, 3.63) is 36.4 Å². The molecule has 0 fully saturated rings. The molecule has 0 aromatic carbocycles. The monoisotopic (exact) mass is 248 g/mol. The summed E-state index contributed by atoms with van der Waals surface area (Å²) in [6, 6.07) is 3.45. The van der Waals surface area contributed by atoms with Gasteiger partial charge in [0.2, 0.25) is 5.88 Å². The standard InChI is InChI=1S/C12H12N2O4/c1-16-11-6-9(2-3-14-11)7-18-12(15)10-8-17-5-4-13-10/h2-6H,7-8H2,1H3. The zero-order chi connectivity index (χ0) is 12.8. The van der Waals surface area contributed by atoms with Crippen LogP contribution in [-0.2, 0) is 20.9 Å². The number of pyridine rings is 1. The van der Waals surface area contributed by atoms with Gasteiger partial charge in [0.15, 0.2) is 5.71 Å². The molecule has 6 heteroatoms. The lowest BCUT2D eigenvalue weighted by atomic mass is 10.3. The van der Waals surface area contributed by atoms with Gasteiger partial charge in [0.25, 0.3) is 0 Å². The molecule has 6 nitrogen and oxygen atoms in total. The number of aromatic nitrogens is 1. The van der Waals surface area contributed by atoms with Crippen LogP contribution >= 0.6 is 0 Å². The molecular weight excluding hydrogens is 236 g/mol. The summed E-state index contributed by atoms with van der Waals surface area (Å²) in [5, 5.41) is 0. The minimum Gasteiger partial charge on any atom is -0.493 e. The largest absolute Gasteiger partial charge is 0.493 e. The molecule has 0 amide bonds. The number of methoxy groups -OCH3 is 1. The second kappa shape index (κ2) is 5.81. The van der Waals surface area contributed by atoms with Crippen molar-refractivity contribution >= 4 is 11.7 Å². The molecule has 0 unspecified atom stereocenters. The van der Waals surface area contributed by atoms with Crippen molar-refractivity contribution in [2.75, 3.05) is 13.7 Å². The van der Waals surface area contributed by atoms with Gasteiger partial charge in [-0.1, -0.05) is 0 Å². The van der Waals surface area contributed by atoms with Gasteiger partial charge < -0.3 is 14.2 Å². The Morgan fingerprint density at radius 2 is 2.44 bits per heavy atom. The summed E-state index contributed by atoms with van der Waals surface area (Å²) in [6.45, 7) is 0.273. The summed E-state index contributed by atoms with van der Waals surface area (Å²) in [7, 11) is 1.53. The first kappa shape index (κ1) is 12.1. The van der Waals surface area contributed by atoms with Crippen molar-refractivity contribution in [1.29, 1.82) is 0 Å². The van der Waals surface area contributed by atoms with Gasteiger partial charge in [-0.25, -0.2) is 14.8 Å². The van der Waals surface area contributed by atoms with E-state index in [9.17, 15) is 4.79 Å². The fraction of sp³-hybridized carbons (Fsp3) is 0.250. The molecule has 0 saturated carbocycles. The van der Waals surface area contributed by atoms with E-state index in [0.29, 0.717) is 5.88 Å². The Hall–Kier alpha value is -2.37. The molecule has 94 valence electrons. The molecule has 2 rings (SSSR count). The van der Waals surface area contributed by atoms with Gasteiger partial charge in [-0.3, -0.25) is 0 Å². The molecule has 0 bridgehead atoms. The van der Waals surface area contributed by atoms with E-state index in [1.807, 2.05) is 0 Å². The average molecular weight is 248 g/mol. The zero-order valence-corrected chi connectivity index (χ0v) is 9.83. The zero-order valence-electron chi connectivity index (χ0n) is 9.83. The number of nitrogens with zero attached hydrogens (tertiary/aromatic N) is 2. The van der Waals surface area contributed by atoms with E-state index >= 15 is 0 Å². The fourth-order valence-corrected chi connectivity index (χ4v) is 1.32. The van der Waals surface area contributed by atoms with E-state index in [1.165, 1.54) is 19.6 Å². The highest BCUT2D eigenvalue weighted by atomic mass is 16.5. The molecule has 1 aromatic heterocycles. The molecule has 1 aliphatic rings. The topological polar surface area (TPSA) is 70.0 Å². The molecule has 1 aromatic rings. The van der Waals surface area contributed by atoms with E-state index in [-0.39, 0.29) is 18.9 Å². The van der Waals surface area contributed by atoms with Gasteiger partial charge in [-0.15, -0.1) is 0 Å². The molecule has 0 atom stereocenters. The minimum absolute atomic E-state index is 0.134. The summed E-state index contributed by atoms with van der Waals surface area (Å²) >= 11 is 0. The molecule has 2 heterocycles. The van der Waals surface area contributed by atoms with Crippen LogP contribution in [0.1, 0.15) is 5.56 Å². The van der Waals surface area contributed by atoms with E-state index in [1.54, 1.807) is 18.3 Å². The Kier molecular flexibility index (Phi) is 3.90. The number of hydrogen-bond acceptors (Lipinski definition) is 6. The van der Waals surface area contributed by atoms with Crippen LogP contribution in [0.2, 0.25) is 0 Å². The third-order valence-corrected chi connectivity index (χ3v) is 2.22. The van der Waals surface area contributed by atoms with Gasteiger partial charge in [0.05, 0.1) is 13.3 Å². The van der Waals surface area contributed by atoms with Crippen molar-refractivity contribution in [2.24, 2.45) is 4.99 Å². The molecule has 0 saturated heterocycles. The highest BCUT2D eigenvalue weighted by Crippen LogP contribution is 2.10. The number of carbonyl (C=O) groups excluding carboxylic acids is 1. The third kappa shape index (κ3) is 3.07. The van der Waals surface area contributed by atoms with Crippen molar-refractivity contribution in [1.82, 2.24) is 4.98 Å². The van der Waals surface area contributed by atoms with E-state index < -0.39 is 5.97 Å². The van der Waals surface area contributed by atoms with Gasteiger partial charge >= 0.3 is 5.97 Å². The van der Waals surface area contributed by atoms with Crippen LogP contribution in [0.3, 0.4) is 0 Å². The SMILES string of the molecule is COc1cc(COC(=O)C2=NC=COC2)ccn1. The predicted octanol–water partition coefficient (Wildman–Crippen LogP) is 1.08. The van der Waals surface area contributed by atoms with Crippen LogP contribution in [0.25, 0.3) is 0 Å². The number of rotatable bonds is 4. The lowest BCUT2D eigenvalue weighted by Crippen LogP contribution is -2.23. The molecule has 0 N–H and O–H groups in total. The Morgan fingerprint density at radius 1 is 1.56 bits per heavy atom. The maximum absolute atomic E-state index is 11.6. The van der Waals surface area contributed by atoms with E-state index in [4.69, 9.17) is 14.2 Å². The van der Waals surface area contributed by atoms with Gasteiger partial charge in [0.1, 0.15) is 19.5 Å². The first-order valence-electron chi connectivity index (χ1n) is 5.29. The predicted molar refractivity (Wildman–Crippen MR) is 63.1 cm³/mol. The highest BCUT2D eigenvalue weighted by molar-refractivity contribution is 6.37. The smallest absolute Gasteiger partial charge is 0.356 e. The minimum atomic E-state index is -0.491. The molecule has 1 aliphatic heterocycles. The lowest BCUT2D eigenvalue weighted by molar-refractivity contribution is -0.137. The van der Waals surface area contributed by atoms with Crippen LogP contribution in [0, 0.1) is 0 Å². The molecule has 0 radical (unpaired) electrons. The number of hydrogen-bond donors (Lipinski definition) is 0. The van der Waals surface area contributed by atoms with Gasteiger partial charge in [0, 0.05) is 12.3 Å². The summed E-state index contributed by atoms with van der Waals surface area (Å²) in [4.78, 5) is 19.4. The molecule has 0 aliphatic carbocycles. The van der Waals surface area contributed by atoms with Crippen molar-refractivity contribution < 1.29 is 19.0 Å². The summed E-state index contributed by atoms with van der Waals surface area (Å²) in [5.74, 6) is -0.0139. The first-order chi connectivity index (χ1) is 8.79. The first-order valence-corrected chi connectivity index (χ1v) is 5.29. The quantitative estimate of drug-likeness (QED) is 0.745. The third-order valence-electron chi connectivity index (χ3n) is 2.22. The summed E-state index contributed by atoms with van der Waals surface area (Å²) in [6.07, 6.45) is 4.42. The second-order valence-electron chi connectivity index (χ2n) is 3.45. The molecular formula is C12H12N2O4. The average Bonchev–Trinajstić information content (AvgIpc) is 2.46. The maximum Gasteiger partial charge on any atom is 0.356 e. The van der Waals surface area contributed by atoms with Gasteiger partial charge in [-0.05, 0) is 11.6 Å². The van der Waals surface area contributed by atoms with E-state index in [2.05, 4.69) is 9.98 Å². The number of ether oxygens (including phenoxy) is 3. The van der Waals surface area contributed by atoms with Crippen molar-refractivity contribution in [2.45, 2.75) is 6.61 Å². The number of esters is 1. The molecule has 18 heavy (non-hydrogen) atoms. The second-order valence-corrected chi connectivity index (χ2v) is 3.45. The summed E-state index contributed by atoms with van der Waals surface area (Å²) < 4.78 is 15.0. The number of carbonyl (C=O) groups is 1. The highest BCUT2D eigenvalue weighted by Gasteiger charge is 2.14.